The monoisotopic (exact) mass is 1200 g/mol. The number of nitrogens with zero attached hydrogens (tertiary/aromatic N) is 3. The van der Waals surface area contributed by atoms with Gasteiger partial charge in [0.2, 0.25) is 0 Å². The van der Waals surface area contributed by atoms with Gasteiger partial charge >= 0.3 is 0 Å². The van der Waals surface area contributed by atoms with Crippen LogP contribution in [0.1, 0.15) is 183 Å². The van der Waals surface area contributed by atoms with E-state index in [1.165, 1.54) is 213 Å². The Balaban J connectivity index is 0.828. The molecule has 1 aliphatic carbocycles. The molecule has 0 amide bonds. The minimum atomic E-state index is 0.0269. The van der Waals surface area contributed by atoms with Crippen LogP contribution in [-0.2, 0) is 5.41 Å². The SMILES string of the molecule is CCCCCCCCCCCCC1(CCCCCCCCCCCC)c2cc(C)ccc2-c2cc(C)c(-c3ccc(N(c4ccc(C)cc4)c4ccc(-c5ccc6c7ccccc7n(-c7ccc(N(c8ccccc8)c8ccccc8)cc7)c6c5)cc4)cc3)cc21. The molecule has 0 atom stereocenters. The molecule has 0 spiro atoms. The second kappa shape index (κ2) is 30.1. The fourth-order valence-electron chi connectivity index (χ4n) is 15.1. The largest absolute Gasteiger partial charge is 0.311 e. The van der Waals surface area contributed by atoms with Gasteiger partial charge in [-0.3, -0.25) is 0 Å². The summed E-state index contributed by atoms with van der Waals surface area (Å²) in [5.41, 5.74) is 25.4. The number of benzene rings is 10. The topological polar surface area (TPSA) is 11.4 Å². The van der Waals surface area contributed by atoms with E-state index < -0.39 is 0 Å². The molecule has 0 saturated carbocycles. The van der Waals surface area contributed by atoms with Gasteiger partial charge in [0.15, 0.2) is 0 Å². The zero-order valence-corrected chi connectivity index (χ0v) is 55.3. The van der Waals surface area contributed by atoms with Crippen molar-refractivity contribution in [2.75, 3.05) is 9.80 Å². The Hall–Kier alpha value is -8.40. The molecule has 1 aliphatic rings. The summed E-state index contributed by atoms with van der Waals surface area (Å²) in [5, 5.41) is 2.49. The van der Waals surface area contributed by atoms with Crippen LogP contribution in [0.3, 0.4) is 0 Å². The number of anilines is 6. The number of aryl methyl sites for hydroxylation is 3. The number of unbranched alkanes of at least 4 members (excludes halogenated alkanes) is 18. The molecule has 1 aromatic heterocycles. The Morgan fingerprint density at radius 3 is 1.25 bits per heavy atom. The summed E-state index contributed by atoms with van der Waals surface area (Å²) in [6, 6.07) is 86.5. The van der Waals surface area contributed by atoms with Crippen LogP contribution in [0.4, 0.5) is 34.1 Å². The van der Waals surface area contributed by atoms with E-state index in [0.717, 1.165) is 39.8 Å². The maximum Gasteiger partial charge on any atom is 0.0547 e. The maximum absolute atomic E-state index is 2.66. The first-order chi connectivity index (χ1) is 44.8. The Labute approximate surface area is 545 Å². The molecule has 0 fully saturated rings. The predicted molar refractivity (Wildman–Crippen MR) is 394 cm³/mol. The van der Waals surface area contributed by atoms with Crippen molar-refractivity contribution in [2.24, 2.45) is 0 Å². The van der Waals surface area contributed by atoms with Crippen molar-refractivity contribution in [3.63, 3.8) is 0 Å². The summed E-state index contributed by atoms with van der Waals surface area (Å²) in [7, 11) is 0. The molecule has 10 aromatic carbocycles. The lowest BCUT2D eigenvalue weighted by molar-refractivity contribution is 0.396. The molecule has 11 aromatic rings. The summed E-state index contributed by atoms with van der Waals surface area (Å²) in [6.45, 7) is 11.5. The molecule has 1 heterocycles. The second-order valence-corrected chi connectivity index (χ2v) is 26.6. The summed E-state index contributed by atoms with van der Waals surface area (Å²) in [4.78, 5) is 4.75. The number of hydrogen-bond donors (Lipinski definition) is 0. The normalized spacial score (nSPS) is 12.4. The van der Waals surface area contributed by atoms with Gasteiger partial charge in [0, 0.05) is 56.0 Å². The lowest BCUT2D eigenvalue weighted by Crippen LogP contribution is -2.26. The third-order valence-electron chi connectivity index (χ3n) is 20.0. The lowest BCUT2D eigenvalue weighted by Gasteiger charge is -2.33. The van der Waals surface area contributed by atoms with Crippen molar-refractivity contribution < 1.29 is 0 Å². The van der Waals surface area contributed by atoms with E-state index in [-0.39, 0.29) is 5.41 Å². The van der Waals surface area contributed by atoms with E-state index >= 15 is 0 Å². The molecular weight excluding hydrogens is 1100 g/mol. The van der Waals surface area contributed by atoms with Crippen LogP contribution in [0.5, 0.6) is 0 Å². The van der Waals surface area contributed by atoms with Crippen LogP contribution in [0.2, 0.25) is 0 Å². The molecule has 0 N–H and O–H groups in total. The first-order valence-electron chi connectivity index (χ1n) is 35.2. The minimum Gasteiger partial charge on any atom is -0.311 e. The Morgan fingerprint density at radius 2 is 0.714 bits per heavy atom. The summed E-state index contributed by atoms with van der Waals surface area (Å²) in [5.74, 6) is 0. The molecule has 0 saturated heterocycles. The number of para-hydroxylation sites is 3. The maximum atomic E-state index is 2.66. The zero-order chi connectivity index (χ0) is 62.4. The first kappa shape index (κ1) is 62.8. The molecule has 0 bridgehead atoms. The Bertz CT molecular complexity index is 4030. The molecule has 0 radical (unpaired) electrons. The van der Waals surface area contributed by atoms with Crippen molar-refractivity contribution in [3.05, 3.63) is 258 Å². The highest BCUT2D eigenvalue weighted by atomic mass is 15.1. The van der Waals surface area contributed by atoms with Gasteiger partial charge in [-0.1, -0.05) is 281 Å². The number of fused-ring (bicyclic) bond motifs is 6. The summed E-state index contributed by atoms with van der Waals surface area (Å²) in [6.07, 6.45) is 29.8. The van der Waals surface area contributed by atoms with E-state index in [0.29, 0.717) is 0 Å². The van der Waals surface area contributed by atoms with Gasteiger partial charge < -0.3 is 14.4 Å². The Morgan fingerprint density at radius 1 is 0.297 bits per heavy atom. The van der Waals surface area contributed by atoms with E-state index in [2.05, 4.69) is 280 Å². The smallest absolute Gasteiger partial charge is 0.0547 e. The molecule has 91 heavy (non-hydrogen) atoms. The molecule has 464 valence electrons. The number of hydrogen-bond acceptors (Lipinski definition) is 2. The van der Waals surface area contributed by atoms with Gasteiger partial charge in [-0.15, -0.1) is 0 Å². The van der Waals surface area contributed by atoms with E-state index in [1.54, 1.807) is 11.1 Å². The van der Waals surface area contributed by atoms with Crippen LogP contribution >= 0.6 is 0 Å². The van der Waals surface area contributed by atoms with Gasteiger partial charge in [0.1, 0.15) is 0 Å². The fraction of sp³-hybridized carbons (Fsp3) is 0.318. The van der Waals surface area contributed by atoms with Crippen molar-refractivity contribution in [3.8, 4) is 39.1 Å². The highest BCUT2D eigenvalue weighted by Crippen LogP contribution is 2.56. The third-order valence-corrected chi connectivity index (χ3v) is 20.0. The molecule has 0 unspecified atom stereocenters. The first-order valence-corrected chi connectivity index (χ1v) is 35.2. The minimum absolute atomic E-state index is 0.0269. The van der Waals surface area contributed by atoms with Gasteiger partial charge in [-0.05, 0) is 187 Å². The van der Waals surface area contributed by atoms with Gasteiger partial charge in [0.25, 0.3) is 0 Å². The lowest BCUT2D eigenvalue weighted by atomic mass is 9.70. The van der Waals surface area contributed by atoms with E-state index in [9.17, 15) is 0 Å². The third kappa shape index (κ3) is 14.2. The second-order valence-electron chi connectivity index (χ2n) is 26.6. The molecule has 0 aliphatic heterocycles. The van der Waals surface area contributed by atoms with Crippen molar-refractivity contribution in [2.45, 2.75) is 181 Å². The molecule has 3 nitrogen and oxygen atoms in total. The van der Waals surface area contributed by atoms with E-state index in [4.69, 9.17) is 0 Å². The average Bonchev–Trinajstić information content (AvgIpc) is 1.63. The zero-order valence-electron chi connectivity index (χ0n) is 55.3. The van der Waals surface area contributed by atoms with Crippen LogP contribution in [0.25, 0.3) is 60.9 Å². The highest BCUT2D eigenvalue weighted by Gasteiger charge is 2.43. The average molecular weight is 1200 g/mol. The van der Waals surface area contributed by atoms with E-state index in [1.807, 2.05) is 0 Å². The summed E-state index contributed by atoms with van der Waals surface area (Å²) < 4.78 is 2.43. The van der Waals surface area contributed by atoms with Crippen LogP contribution < -0.4 is 9.80 Å². The Kier molecular flexibility index (Phi) is 20.8. The molecular formula is C88H97N3. The van der Waals surface area contributed by atoms with Crippen LogP contribution in [0.15, 0.2) is 231 Å². The van der Waals surface area contributed by atoms with Gasteiger partial charge in [0.05, 0.1) is 11.0 Å². The highest BCUT2D eigenvalue weighted by molar-refractivity contribution is 6.10. The van der Waals surface area contributed by atoms with Crippen molar-refractivity contribution in [1.29, 1.82) is 0 Å². The van der Waals surface area contributed by atoms with Gasteiger partial charge in [-0.25, -0.2) is 0 Å². The van der Waals surface area contributed by atoms with Crippen molar-refractivity contribution in [1.82, 2.24) is 4.57 Å². The fourth-order valence-corrected chi connectivity index (χ4v) is 15.1. The molecule has 12 rings (SSSR count). The van der Waals surface area contributed by atoms with Crippen LogP contribution in [-0.4, -0.2) is 4.57 Å². The van der Waals surface area contributed by atoms with Crippen molar-refractivity contribution >= 4 is 55.9 Å². The quantitative estimate of drug-likeness (QED) is 0.0401. The molecule has 3 heteroatoms. The van der Waals surface area contributed by atoms with Crippen LogP contribution in [0, 0.1) is 20.8 Å². The standard InChI is InChI=1S/C88H97N3/c1-6-8-10-12-14-16-18-20-22-32-60-88(61-33-23-21-19-17-15-13-11-9-7-2)84-62-67(4)42-58-79(84)83-63-68(5)82(65-85(83)88)70-45-52-76(53-46-70)90(74-48-40-66(3)41-49-74)75-50-43-69(44-51-75)71-47-59-81-80-38-30-31-39-86(80)91(87(81)64-71)78-56-54-77(55-57-78)89(72-34-26-24-27-35-72)73-36-28-25-29-37-73/h24-31,34-59,62-65H,6-23,32-33,60-61H2,1-5H3. The summed E-state index contributed by atoms with van der Waals surface area (Å²) >= 11 is 0. The van der Waals surface area contributed by atoms with Gasteiger partial charge in [-0.2, -0.15) is 0 Å². The number of rotatable bonds is 31. The predicted octanol–water partition coefficient (Wildman–Crippen LogP) is 26.9. The number of aromatic nitrogens is 1.